The Morgan fingerprint density at radius 3 is 0.888 bits per heavy atom. The number of aryl methyl sites for hydroxylation is 16. The SMILES string of the molecule is CC(=O)C=C(C)O.CC(=O)C=C(C)O.CC(=O)C=C(C)O.CC(=O)C=C(C)O.CC(=O)C=C(C)O.COc1cc2cc(C)ccc2nc1-c1[c-]c(C)cc(C)c1.COc1cc2cc(C)ccc2nc1-c1[c-]cc(C)cc1.COc1cc2cc(C)ccc2nc1-c1[c-]ccc(C)c1.Cc1ccc2nc(-c3[c-]c(C)c(C)c(C)c3)c(C)cc2c1.Cc1ccc2nc(-c3[c-]c(C)c(C)cc3C)c(C)cc2c1.[Ir].[Ir].[Ir].[Ir].[Ir]. The van der Waals surface area contributed by atoms with Gasteiger partial charge in [0, 0.05) is 164 Å². The van der Waals surface area contributed by atoms with Gasteiger partial charge in [0.1, 0.15) is 17.2 Å². The fourth-order valence-electron chi connectivity index (χ4n) is 14.3. The van der Waals surface area contributed by atoms with E-state index in [-0.39, 0.29) is 158 Å². The van der Waals surface area contributed by atoms with Crippen molar-refractivity contribution in [2.24, 2.45) is 0 Å². The van der Waals surface area contributed by atoms with Crippen LogP contribution < -0.4 is 14.2 Å². The molecular weight excluding hydrogens is 2680 g/mol. The Labute approximate surface area is 912 Å². The molecule has 10 aromatic carbocycles. The molecule has 0 saturated carbocycles. The molecule has 0 amide bonds. The topological polar surface area (TPSA) is 279 Å². The van der Waals surface area contributed by atoms with Gasteiger partial charge in [-0.2, -0.15) is 0 Å². The Kier molecular flexibility index (Phi) is 56.4. The first-order valence-corrected chi connectivity index (χ1v) is 45.0. The third kappa shape index (κ3) is 42.8. The van der Waals surface area contributed by atoms with Crippen molar-refractivity contribution in [1.29, 1.82) is 0 Å². The Bertz CT molecular complexity index is 6880. The van der Waals surface area contributed by atoms with E-state index < -0.39 is 0 Å². The van der Waals surface area contributed by atoms with E-state index >= 15 is 0 Å². The molecule has 5 N–H and O–H groups in total. The molecule has 143 heavy (non-hydrogen) atoms. The zero-order chi connectivity index (χ0) is 103. The minimum absolute atomic E-state index is 0. The zero-order valence-electron chi connectivity index (χ0n) is 87.1. The molecule has 0 aliphatic carbocycles. The van der Waals surface area contributed by atoms with E-state index in [9.17, 15) is 24.0 Å². The number of nitrogens with zero attached hydrogens (tertiary/aromatic N) is 5. The summed E-state index contributed by atoms with van der Waals surface area (Å²) in [5.41, 5.74) is 35.6. The summed E-state index contributed by atoms with van der Waals surface area (Å²) in [4.78, 5) is 74.1. The standard InChI is InChI=1S/2C20H20N.C19H18NO.2C18H16NO.5C5H8O2.5Ir/c1-12-6-7-19-17(8-12)10-16(5)20(21-19)18-11-14(3)13(2)9-15(18)4;1-12-6-7-19-17(8-12)11-15(4)20(21-19)18-9-13(2)16(5)14(3)10-18;1-12-5-6-17-15(8-12)11-18(21-4)19(20-17)16-9-13(2)7-14(3)10-16;1-12-4-7-14(8-5-12)18-17(20-3)11-15-10-13(2)6-9-16(15)19-18;1-12-5-4-6-14(9-12)18-17(20-3)11-15-10-13(2)7-8-16(15)19-18;5*1-4(6)3-5(2)7;;;;;/h6-10H,1-5H3;6-9,11H,1-5H3;5-9,11H,1-4H3;4-7,9-11H,1-3H3;4-5,7-11H,1-3H3;5*3,6H,1-2H3;;;;;/q5*-1;;;;;;;;;;. The molecule has 23 heteroatoms. The van der Waals surface area contributed by atoms with E-state index in [0.29, 0.717) is 0 Å². The van der Waals surface area contributed by atoms with Crippen LogP contribution in [-0.2, 0) is 124 Å². The van der Waals surface area contributed by atoms with Crippen LogP contribution in [0.15, 0.2) is 241 Å². The molecule has 15 rings (SSSR count). The number of pyridine rings is 5. The van der Waals surface area contributed by atoms with Gasteiger partial charge in [-0.1, -0.05) is 151 Å². The van der Waals surface area contributed by atoms with Gasteiger partial charge in [-0.15, -0.1) is 174 Å². The number of aliphatic hydroxyl groups excluding tert-OH is 5. The molecule has 763 valence electrons. The maximum Gasteiger partial charge on any atom is 0.155 e. The molecule has 0 atom stereocenters. The summed E-state index contributed by atoms with van der Waals surface area (Å²) in [5.74, 6) is 2.04. The quantitative estimate of drug-likeness (QED) is 0.0407. The van der Waals surface area contributed by atoms with E-state index in [2.05, 4.69) is 268 Å². The number of aromatic nitrogens is 5. The summed E-state index contributed by atoms with van der Waals surface area (Å²) < 4.78 is 16.5. The van der Waals surface area contributed by atoms with E-state index in [1.807, 2.05) is 62.4 Å². The Morgan fingerprint density at radius 2 is 0.573 bits per heavy atom. The minimum Gasteiger partial charge on any atom is -0.512 e. The van der Waals surface area contributed by atoms with Crippen LogP contribution >= 0.6 is 0 Å². The van der Waals surface area contributed by atoms with Crippen molar-refractivity contribution < 1.29 is 164 Å². The van der Waals surface area contributed by atoms with Gasteiger partial charge < -0.3 is 39.7 Å². The molecule has 0 bridgehead atoms. The van der Waals surface area contributed by atoms with Crippen LogP contribution in [0.1, 0.15) is 164 Å². The van der Waals surface area contributed by atoms with Gasteiger partial charge in [0.2, 0.25) is 0 Å². The fourth-order valence-corrected chi connectivity index (χ4v) is 14.3. The number of rotatable bonds is 13. The third-order valence-corrected chi connectivity index (χ3v) is 20.7. The Balaban J connectivity index is 0.000000818. The van der Waals surface area contributed by atoms with Gasteiger partial charge >= 0.3 is 0 Å². The van der Waals surface area contributed by atoms with E-state index in [1.54, 1.807) is 21.3 Å². The van der Waals surface area contributed by atoms with Crippen LogP contribution in [0.2, 0.25) is 0 Å². The maximum absolute atomic E-state index is 10.0. The van der Waals surface area contributed by atoms with E-state index in [0.717, 1.165) is 123 Å². The number of benzene rings is 10. The second kappa shape index (κ2) is 62.5. The fraction of sp³-hybridized carbons (Fsp3) is 0.250. The van der Waals surface area contributed by atoms with Crippen LogP contribution in [0.3, 0.4) is 0 Å². The average Bonchev–Trinajstić information content (AvgIpc) is 0.808. The summed E-state index contributed by atoms with van der Waals surface area (Å²) in [6.07, 6.45) is 5.83. The smallest absolute Gasteiger partial charge is 0.155 e. The number of aliphatic hydroxyl groups is 5. The number of methoxy groups -OCH3 is 3. The van der Waals surface area contributed by atoms with Gasteiger partial charge in [-0.25, -0.2) is 0 Å². The predicted octanol–water partition coefficient (Wildman–Crippen LogP) is 29.0. The largest absolute Gasteiger partial charge is 0.512 e. The summed E-state index contributed by atoms with van der Waals surface area (Å²) in [7, 11) is 5.04. The number of hydrogen-bond acceptors (Lipinski definition) is 18. The first-order chi connectivity index (χ1) is 64.9. The van der Waals surface area contributed by atoms with Crippen LogP contribution in [-0.4, -0.2) is 101 Å². The number of carbonyl (C=O) groups excluding carboxylic acids is 5. The van der Waals surface area contributed by atoms with Gasteiger partial charge in [0.25, 0.3) is 0 Å². The summed E-state index contributed by atoms with van der Waals surface area (Å²) in [6, 6.07) is 79.7. The molecule has 0 aliphatic heterocycles. The monoisotopic (exact) mass is 2810 g/mol. The third-order valence-electron chi connectivity index (χ3n) is 20.7. The summed E-state index contributed by atoms with van der Waals surface area (Å²) in [6.45, 7) is 50.0. The molecule has 0 aliphatic rings. The van der Waals surface area contributed by atoms with Crippen molar-refractivity contribution in [1.82, 2.24) is 24.9 Å². The molecule has 15 aromatic rings. The minimum atomic E-state index is -0.125. The number of ketones is 5. The molecule has 0 saturated heterocycles. The average molecular weight is 2810 g/mol. The summed E-state index contributed by atoms with van der Waals surface area (Å²) in [5, 5.41) is 47.5. The van der Waals surface area contributed by atoms with Crippen LogP contribution in [0, 0.1) is 148 Å². The van der Waals surface area contributed by atoms with Crippen molar-refractivity contribution in [3.05, 3.63) is 366 Å². The predicted molar refractivity (Wildman–Crippen MR) is 566 cm³/mol. The number of hydrogen-bond donors (Lipinski definition) is 5. The van der Waals surface area contributed by atoms with Gasteiger partial charge in [0.05, 0.1) is 77.7 Å². The second-order valence-electron chi connectivity index (χ2n) is 34.5. The van der Waals surface area contributed by atoms with Crippen LogP contribution in [0.4, 0.5) is 0 Å². The molecule has 0 fully saturated rings. The summed E-state index contributed by atoms with van der Waals surface area (Å²) >= 11 is 0. The molecular formula is C120H130Ir5N5O13-5. The van der Waals surface area contributed by atoms with Crippen molar-refractivity contribution >= 4 is 83.4 Å². The molecule has 0 spiro atoms. The number of allylic oxidation sites excluding steroid dienone is 10. The van der Waals surface area contributed by atoms with Crippen LogP contribution in [0.25, 0.3) is 111 Å². The molecule has 5 radical (unpaired) electrons. The molecule has 18 nitrogen and oxygen atoms in total. The van der Waals surface area contributed by atoms with Gasteiger partial charge in [-0.3, -0.25) is 48.9 Å². The van der Waals surface area contributed by atoms with Crippen molar-refractivity contribution in [2.75, 3.05) is 21.3 Å². The zero-order valence-corrected chi connectivity index (χ0v) is 99.1. The number of carbonyl (C=O) groups is 5. The first kappa shape index (κ1) is 129. The maximum atomic E-state index is 10.0. The Hall–Kier alpha value is -12.1. The molecule has 0 unspecified atom stereocenters. The van der Waals surface area contributed by atoms with E-state index in [1.165, 1.54) is 199 Å². The molecule has 5 heterocycles. The van der Waals surface area contributed by atoms with Crippen molar-refractivity contribution in [2.45, 2.75) is 187 Å². The van der Waals surface area contributed by atoms with Crippen LogP contribution in [0.5, 0.6) is 17.2 Å². The van der Waals surface area contributed by atoms with Crippen molar-refractivity contribution in [3.63, 3.8) is 0 Å². The second-order valence-corrected chi connectivity index (χ2v) is 34.5. The van der Waals surface area contributed by atoms with Crippen molar-refractivity contribution in [3.8, 4) is 73.5 Å². The van der Waals surface area contributed by atoms with Gasteiger partial charge in [0.15, 0.2) is 28.9 Å². The van der Waals surface area contributed by atoms with E-state index in [4.69, 9.17) is 64.7 Å². The molecule has 5 aromatic heterocycles. The number of ether oxygens (including phenoxy) is 3. The van der Waals surface area contributed by atoms with Gasteiger partial charge in [-0.05, 0) is 219 Å². The Morgan fingerprint density at radius 1 is 0.266 bits per heavy atom. The normalized spacial score (nSPS) is 10.7. The first-order valence-electron chi connectivity index (χ1n) is 45.0. The number of fused-ring (bicyclic) bond motifs is 5.